The van der Waals surface area contributed by atoms with Crippen molar-refractivity contribution in [1.82, 2.24) is 4.72 Å². The first-order chi connectivity index (χ1) is 9.13. The molecule has 0 fully saturated rings. The van der Waals surface area contributed by atoms with Crippen LogP contribution in [-0.4, -0.2) is 32.1 Å². The van der Waals surface area contributed by atoms with Crippen LogP contribution in [0.4, 0.5) is 13.2 Å². The van der Waals surface area contributed by atoms with E-state index in [1.165, 1.54) is 0 Å². The maximum absolute atomic E-state index is 13.1. The molecule has 6 nitrogen and oxygen atoms in total. The fourth-order valence-corrected chi connectivity index (χ4v) is 2.57. The number of sulfonamides is 1. The van der Waals surface area contributed by atoms with Gasteiger partial charge in [0.2, 0.25) is 10.0 Å². The summed E-state index contributed by atoms with van der Waals surface area (Å²) in [4.78, 5) is 9.67. The first-order valence-corrected chi connectivity index (χ1v) is 6.61. The van der Waals surface area contributed by atoms with E-state index >= 15 is 0 Å². The highest BCUT2D eigenvalue weighted by Crippen LogP contribution is 2.26. The zero-order chi connectivity index (χ0) is 15.5. The van der Waals surface area contributed by atoms with E-state index in [0.717, 1.165) is 13.0 Å². The lowest BCUT2D eigenvalue weighted by atomic mass is 10.3. The molecule has 0 spiro atoms. The molecule has 0 saturated carbocycles. The van der Waals surface area contributed by atoms with Crippen molar-refractivity contribution < 1.29 is 36.2 Å². The second-order valence-corrected chi connectivity index (χ2v) is 5.33. The van der Waals surface area contributed by atoms with Crippen LogP contribution in [0.3, 0.4) is 0 Å². The van der Waals surface area contributed by atoms with Gasteiger partial charge in [-0.3, -0.25) is 4.79 Å². The zero-order valence-electron chi connectivity index (χ0n) is 10.0. The van der Waals surface area contributed by atoms with Crippen LogP contribution in [0, 0.1) is 5.82 Å². The van der Waals surface area contributed by atoms with Gasteiger partial charge in [0.25, 0.3) is 0 Å². The molecule has 1 rings (SSSR count). The van der Waals surface area contributed by atoms with Crippen molar-refractivity contribution in [3.8, 4) is 5.75 Å². The van der Waals surface area contributed by atoms with Gasteiger partial charge in [-0.2, -0.15) is 13.5 Å². The molecule has 0 heterocycles. The Labute approximate surface area is 112 Å². The second-order valence-electron chi connectivity index (χ2n) is 3.65. The van der Waals surface area contributed by atoms with Crippen molar-refractivity contribution in [3.63, 3.8) is 0 Å². The van der Waals surface area contributed by atoms with Crippen LogP contribution in [0.15, 0.2) is 23.1 Å². The summed E-state index contributed by atoms with van der Waals surface area (Å²) in [6, 6.07) is 0.371. The lowest BCUT2D eigenvalue weighted by molar-refractivity contribution is -0.138. The lowest BCUT2D eigenvalue weighted by Crippen LogP contribution is -2.38. The van der Waals surface area contributed by atoms with Crippen LogP contribution in [0.2, 0.25) is 0 Å². The summed E-state index contributed by atoms with van der Waals surface area (Å²) >= 11 is 0. The molecular formula is C10H10F3NO5S. The second kappa shape index (κ2) is 6.09. The predicted molar refractivity (Wildman–Crippen MR) is 60.5 cm³/mol. The number of nitrogens with one attached hydrogen (secondary N) is 1. The van der Waals surface area contributed by atoms with Crippen LogP contribution >= 0.6 is 0 Å². The number of rotatable bonds is 6. The van der Waals surface area contributed by atoms with Gasteiger partial charge in [0.15, 0.2) is 0 Å². The summed E-state index contributed by atoms with van der Waals surface area (Å²) in [6.45, 7) is -2.29. The molecule has 0 bridgehead atoms. The van der Waals surface area contributed by atoms with Gasteiger partial charge >= 0.3 is 12.6 Å². The van der Waals surface area contributed by atoms with Crippen molar-refractivity contribution in [3.05, 3.63) is 24.0 Å². The molecule has 1 aromatic carbocycles. The monoisotopic (exact) mass is 313 g/mol. The quantitative estimate of drug-likeness (QED) is 0.822. The Morgan fingerprint density at radius 1 is 1.40 bits per heavy atom. The highest BCUT2D eigenvalue weighted by molar-refractivity contribution is 7.89. The number of alkyl halides is 2. The van der Waals surface area contributed by atoms with Crippen LogP contribution < -0.4 is 9.46 Å². The molecule has 0 unspecified atom stereocenters. The van der Waals surface area contributed by atoms with Gasteiger partial charge in [-0.15, -0.1) is 0 Å². The number of carboxylic acid groups (broad SMARTS) is 1. The van der Waals surface area contributed by atoms with Gasteiger partial charge in [0.05, 0.1) is 0 Å². The smallest absolute Gasteiger partial charge is 0.387 e. The average Bonchev–Trinajstić information content (AvgIpc) is 2.30. The van der Waals surface area contributed by atoms with Crippen LogP contribution in [-0.2, 0) is 14.8 Å². The van der Waals surface area contributed by atoms with Gasteiger partial charge in [0, 0.05) is 0 Å². The minimum atomic E-state index is -4.53. The summed E-state index contributed by atoms with van der Waals surface area (Å²) < 4.78 is 66.7. The number of carboxylic acids is 1. The Hall–Kier alpha value is -1.81. The fraction of sp³-hybridized carbons (Fsp3) is 0.300. The van der Waals surface area contributed by atoms with E-state index in [1.807, 2.05) is 0 Å². The third kappa shape index (κ3) is 4.10. The lowest BCUT2D eigenvalue weighted by Gasteiger charge is -2.14. The Bertz CT molecular complexity index is 605. The minimum absolute atomic E-state index is 0.453. The third-order valence-corrected chi connectivity index (χ3v) is 3.68. The molecule has 0 aliphatic carbocycles. The molecule has 2 N–H and O–H groups in total. The molecule has 20 heavy (non-hydrogen) atoms. The topological polar surface area (TPSA) is 92.7 Å². The molecule has 0 radical (unpaired) electrons. The average molecular weight is 313 g/mol. The van der Waals surface area contributed by atoms with E-state index in [-0.39, 0.29) is 0 Å². The van der Waals surface area contributed by atoms with Gasteiger partial charge in [-0.1, -0.05) is 0 Å². The number of ether oxygens (including phenoxy) is 1. The maximum Gasteiger partial charge on any atom is 0.387 e. The van der Waals surface area contributed by atoms with Gasteiger partial charge in [-0.25, -0.2) is 12.8 Å². The number of hydrogen-bond donors (Lipinski definition) is 2. The predicted octanol–water partition coefficient (Wildman–Crippen LogP) is 1.18. The van der Waals surface area contributed by atoms with Gasteiger partial charge in [0.1, 0.15) is 22.5 Å². The number of aliphatic carboxylic acids is 1. The number of hydrogen-bond acceptors (Lipinski definition) is 4. The summed E-state index contributed by atoms with van der Waals surface area (Å²) in [7, 11) is -4.53. The normalized spacial score (nSPS) is 13.2. The maximum atomic E-state index is 13.1. The largest absolute Gasteiger partial charge is 0.480 e. The van der Waals surface area contributed by atoms with Crippen molar-refractivity contribution >= 4 is 16.0 Å². The highest BCUT2D eigenvalue weighted by Gasteiger charge is 2.26. The van der Waals surface area contributed by atoms with E-state index < -0.39 is 45.1 Å². The fourth-order valence-electron chi connectivity index (χ4n) is 1.23. The number of halogens is 3. The Balaban J connectivity index is 3.22. The summed E-state index contributed by atoms with van der Waals surface area (Å²) in [6.07, 6.45) is 0. The van der Waals surface area contributed by atoms with Crippen molar-refractivity contribution in [2.24, 2.45) is 0 Å². The van der Waals surface area contributed by atoms with E-state index in [9.17, 15) is 26.4 Å². The molecule has 0 aliphatic heterocycles. The first kappa shape index (κ1) is 16.2. The molecule has 0 aliphatic rings. The first-order valence-electron chi connectivity index (χ1n) is 5.13. The molecule has 1 aromatic rings. The summed E-state index contributed by atoms with van der Waals surface area (Å²) in [5.74, 6) is -3.28. The number of benzene rings is 1. The van der Waals surface area contributed by atoms with Gasteiger partial charge < -0.3 is 9.84 Å². The Morgan fingerprint density at radius 3 is 2.50 bits per heavy atom. The standard InChI is InChI=1S/C10H10F3NO5S/c1-5(9(15)16)14-20(17,18)8-4-6(11)2-3-7(8)19-10(12)13/h2-5,10,14H,1H3,(H,15,16)/t5-/m0/s1. The Morgan fingerprint density at radius 2 is 2.00 bits per heavy atom. The zero-order valence-corrected chi connectivity index (χ0v) is 10.8. The highest BCUT2D eigenvalue weighted by atomic mass is 32.2. The van der Waals surface area contributed by atoms with Crippen molar-refractivity contribution in [1.29, 1.82) is 0 Å². The van der Waals surface area contributed by atoms with E-state index in [4.69, 9.17) is 5.11 Å². The molecule has 0 aromatic heterocycles. The molecule has 0 amide bonds. The van der Waals surface area contributed by atoms with Crippen molar-refractivity contribution in [2.75, 3.05) is 0 Å². The van der Waals surface area contributed by atoms with Gasteiger partial charge in [-0.05, 0) is 25.1 Å². The molecule has 0 saturated heterocycles. The Kier molecular flexibility index (Phi) is 4.95. The number of carbonyl (C=O) groups is 1. The molecule has 10 heteroatoms. The van der Waals surface area contributed by atoms with Crippen molar-refractivity contribution in [2.45, 2.75) is 24.5 Å². The van der Waals surface area contributed by atoms with E-state index in [0.29, 0.717) is 12.1 Å². The van der Waals surface area contributed by atoms with Crippen LogP contribution in [0.25, 0.3) is 0 Å². The molecule has 1 atom stereocenters. The molecule has 112 valence electrons. The third-order valence-electron chi connectivity index (χ3n) is 2.11. The summed E-state index contributed by atoms with van der Waals surface area (Å²) in [5.41, 5.74) is 0. The van der Waals surface area contributed by atoms with Crippen LogP contribution in [0.1, 0.15) is 6.92 Å². The summed E-state index contributed by atoms with van der Waals surface area (Å²) in [5, 5.41) is 8.61. The van der Waals surface area contributed by atoms with E-state index in [1.54, 1.807) is 4.72 Å². The van der Waals surface area contributed by atoms with E-state index in [2.05, 4.69) is 4.74 Å². The molecular weight excluding hydrogens is 303 g/mol. The van der Waals surface area contributed by atoms with Crippen LogP contribution in [0.5, 0.6) is 5.75 Å². The minimum Gasteiger partial charge on any atom is -0.480 e. The SMILES string of the molecule is C[C@H](NS(=O)(=O)c1cc(F)ccc1OC(F)F)C(=O)O.